The molecular formula is C25H38O5. The number of hydrogen-bond donors (Lipinski definition) is 3. The van der Waals surface area contributed by atoms with Crippen molar-refractivity contribution in [2.24, 2.45) is 11.8 Å². The normalized spacial score (nSPS) is 25.1. The Morgan fingerprint density at radius 3 is 2.60 bits per heavy atom. The zero-order valence-electron chi connectivity index (χ0n) is 18.2. The van der Waals surface area contributed by atoms with E-state index in [1.165, 1.54) is 0 Å². The van der Waals surface area contributed by atoms with E-state index < -0.39 is 18.3 Å². The molecule has 5 atom stereocenters. The van der Waals surface area contributed by atoms with E-state index in [2.05, 4.69) is 12.2 Å². The highest BCUT2D eigenvalue weighted by Crippen LogP contribution is 2.38. The van der Waals surface area contributed by atoms with Gasteiger partial charge in [-0.15, -0.1) is 0 Å². The molecule has 0 aromatic heterocycles. The van der Waals surface area contributed by atoms with Crippen LogP contribution >= 0.6 is 0 Å². The van der Waals surface area contributed by atoms with E-state index in [0.29, 0.717) is 45.3 Å². The molecule has 0 aliphatic heterocycles. The lowest BCUT2D eigenvalue weighted by atomic mass is 9.86. The van der Waals surface area contributed by atoms with Crippen LogP contribution in [0.15, 0.2) is 42.5 Å². The summed E-state index contributed by atoms with van der Waals surface area (Å²) in [6, 6.07) is 9.96. The van der Waals surface area contributed by atoms with Gasteiger partial charge in [0.15, 0.2) is 0 Å². The zero-order valence-corrected chi connectivity index (χ0v) is 18.2. The first-order chi connectivity index (χ1) is 14.5. The van der Waals surface area contributed by atoms with Gasteiger partial charge in [0, 0.05) is 13.0 Å². The third-order valence-corrected chi connectivity index (χ3v) is 6.04. The molecule has 3 N–H and O–H groups in total. The fraction of sp³-hybridized carbons (Fsp3) is 0.640. The second kappa shape index (κ2) is 13.7. The minimum atomic E-state index is -0.516. The molecule has 0 unspecified atom stereocenters. The topological polar surface area (TPSA) is 87.0 Å². The molecule has 5 nitrogen and oxygen atoms in total. The van der Waals surface area contributed by atoms with E-state index >= 15 is 0 Å². The molecule has 0 bridgehead atoms. The van der Waals surface area contributed by atoms with E-state index in [1.54, 1.807) is 6.92 Å². The van der Waals surface area contributed by atoms with E-state index in [0.717, 1.165) is 24.8 Å². The fourth-order valence-electron chi connectivity index (χ4n) is 4.26. The van der Waals surface area contributed by atoms with Crippen LogP contribution in [0.1, 0.15) is 63.9 Å². The largest absolute Gasteiger partial charge is 0.393 e. The molecule has 30 heavy (non-hydrogen) atoms. The Labute approximate surface area is 180 Å². The van der Waals surface area contributed by atoms with Crippen LogP contribution in [-0.2, 0) is 16.1 Å². The number of rotatable bonds is 14. The molecular weight excluding hydrogens is 380 g/mol. The van der Waals surface area contributed by atoms with Gasteiger partial charge in [-0.1, -0.05) is 42.5 Å². The lowest BCUT2D eigenvalue weighted by molar-refractivity contribution is -0.117. The molecule has 5 heteroatoms. The summed E-state index contributed by atoms with van der Waals surface area (Å²) in [5.41, 5.74) is 1.12. The fourth-order valence-corrected chi connectivity index (χ4v) is 4.26. The lowest BCUT2D eigenvalue weighted by Gasteiger charge is -2.23. The second-order valence-electron chi connectivity index (χ2n) is 8.56. The van der Waals surface area contributed by atoms with Gasteiger partial charge in [-0.05, 0) is 69.3 Å². The highest BCUT2D eigenvalue weighted by atomic mass is 16.5. The first-order valence-electron chi connectivity index (χ1n) is 11.3. The summed E-state index contributed by atoms with van der Waals surface area (Å²) < 4.78 is 5.64. The number of ether oxygens (including phenoxy) is 1. The third-order valence-electron chi connectivity index (χ3n) is 6.04. The average molecular weight is 419 g/mol. The van der Waals surface area contributed by atoms with Crippen molar-refractivity contribution in [2.75, 3.05) is 6.61 Å². The minimum absolute atomic E-state index is 0.00163. The van der Waals surface area contributed by atoms with Crippen molar-refractivity contribution in [1.82, 2.24) is 0 Å². The summed E-state index contributed by atoms with van der Waals surface area (Å²) in [5.74, 6) is 0.231. The van der Waals surface area contributed by atoms with Crippen molar-refractivity contribution in [3.8, 4) is 0 Å². The Bertz CT molecular complexity index is 630. The van der Waals surface area contributed by atoms with Crippen LogP contribution in [0.5, 0.6) is 0 Å². The Morgan fingerprint density at radius 1 is 1.13 bits per heavy atom. The lowest BCUT2D eigenvalue weighted by Crippen LogP contribution is -2.23. The van der Waals surface area contributed by atoms with Crippen molar-refractivity contribution >= 4 is 5.78 Å². The van der Waals surface area contributed by atoms with Crippen molar-refractivity contribution in [1.29, 1.82) is 0 Å². The highest BCUT2D eigenvalue weighted by molar-refractivity contribution is 5.75. The van der Waals surface area contributed by atoms with Crippen molar-refractivity contribution in [3.63, 3.8) is 0 Å². The predicted octanol–water partition coefficient (Wildman–Crippen LogP) is 3.80. The van der Waals surface area contributed by atoms with Crippen LogP contribution in [-0.4, -0.2) is 46.0 Å². The van der Waals surface area contributed by atoms with E-state index in [1.807, 2.05) is 30.3 Å². The predicted molar refractivity (Wildman–Crippen MR) is 118 cm³/mol. The smallest absolute Gasteiger partial charge is 0.129 e. The Balaban J connectivity index is 1.66. The average Bonchev–Trinajstić information content (AvgIpc) is 2.99. The molecule has 168 valence electrons. The van der Waals surface area contributed by atoms with Crippen molar-refractivity contribution < 1.29 is 24.9 Å². The molecule has 0 amide bonds. The maximum Gasteiger partial charge on any atom is 0.129 e. The van der Waals surface area contributed by atoms with Crippen LogP contribution in [0.4, 0.5) is 0 Å². The number of unbranched alkanes of at least 4 members (excludes halogenated alkanes) is 1. The van der Waals surface area contributed by atoms with Crippen LogP contribution < -0.4 is 0 Å². The van der Waals surface area contributed by atoms with Gasteiger partial charge >= 0.3 is 0 Å². The Morgan fingerprint density at radius 2 is 1.87 bits per heavy atom. The molecule has 1 aromatic rings. The Hall–Kier alpha value is -1.53. The number of aliphatic hydroxyl groups is 3. The molecule has 1 aromatic carbocycles. The van der Waals surface area contributed by atoms with Crippen molar-refractivity contribution in [2.45, 2.75) is 83.2 Å². The molecule has 1 saturated carbocycles. The van der Waals surface area contributed by atoms with Gasteiger partial charge in [0.25, 0.3) is 0 Å². The molecule has 1 fully saturated rings. The zero-order chi connectivity index (χ0) is 21.8. The summed E-state index contributed by atoms with van der Waals surface area (Å²) >= 11 is 0. The third kappa shape index (κ3) is 9.09. The van der Waals surface area contributed by atoms with Crippen LogP contribution in [0.25, 0.3) is 0 Å². The maximum atomic E-state index is 11.0. The second-order valence-corrected chi connectivity index (χ2v) is 8.56. The number of carbonyl (C=O) groups excluding carboxylic acids is 1. The van der Waals surface area contributed by atoms with Gasteiger partial charge in [-0.2, -0.15) is 0 Å². The van der Waals surface area contributed by atoms with Gasteiger partial charge in [-0.25, -0.2) is 0 Å². The van der Waals surface area contributed by atoms with Crippen LogP contribution in [0.3, 0.4) is 0 Å². The number of ketones is 1. The van der Waals surface area contributed by atoms with Gasteiger partial charge in [0.1, 0.15) is 5.78 Å². The van der Waals surface area contributed by atoms with Gasteiger partial charge < -0.3 is 24.9 Å². The standard InChI is InChI=1S/C25H38O5/c1-19(26)9-5-2-3-8-12-22-23(25(29)17-24(22)28)14-13-21(27)15-16-30-18-20-10-6-4-7-11-20/h3-4,6-8,10-11,21-25,27-29H,2,5,9,12-18H2,1H3/b8-3-/t21-,22-,23-,24+,25-/m1/s1. The summed E-state index contributed by atoms with van der Waals surface area (Å²) in [6.45, 7) is 2.65. The first kappa shape index (κ1) is 24.7. The maximum absolute atomic E-state index is 11.0. The Kier molecular flexibility index (Phi) is 11.3. The van der Waals surface area contributed by atoms with E-state index in [-0.39, 0.29) is 17.6 Å². The number of hydrogen-bond acceptors (Lipinski definition) is 5. The van der Waals surface area contributed by atoms with E-state index in [4.69, 9.17) is 4.74 Å². The van der Waals surface area contributed by atoms with Gasteiger partial charge in [-0.3, -0.25) is 0 Å². The molecule has 1 aliphatic rings. The summed E-state index contributed by atoms with van der Waals surface area (Å²) in [5, 5.41) is 31.0. The van der Waals surface area contributed by atoms with Gasteiger partial charge in [0.2, 0.25) is 0 Å². The summed E-state index contributed by atoms with van der Waals surface area (Å²) in [7, 11) is 0. The van der Waals surface area contributed by atoms with Crippen molar-refractivity contribution in [3.05, 3.63) is 48.0 Å². The van der Waals surface area contributed by atoms with Crippen LogP contribution in [0.2, 0.25) is 0 Å². The molecule has 0 radical (unpaired) electrons. The number of allylic oxidation sites excluding steroid dienone is 2. The number of carbonyl (C=O) groups is 1. The highest BCUT2D eigenvalue weighted by Gasteiger charge is 2.40. The number of aliphatic hydroxyl groups excluding tert-OH is 3. The monoisotopic (exact) mass is 418 g/mol. The SMILES string of the molecule is CC(=O)CCC/C=C\C[C@@H]1[C@@H](CC[C@@H](O)CCOCc2ccccc2)[C@H](O)C[C@@H]1O. The van der Waals surface area contributed by atoms with E-state index in [9.17, 15) is 20.1 Å². The van der Waals surface area contributed by atoms with Crippen LogP contribution in [0, 0.1) is 11.8 Å². The molecule has 1 aliphatic carbocycles. The quantitative estimate of drug-likeness (QED) is 0.316. The van der Waals surface area contributed by atoms with Gasteiger partial charge in [0.05, 0.1) is 24.9 Å². The molecule has 2 rings (SSSR count). The summed E-state index contributed by atoms with van der Waals surface area (Å²) in [6.07, 6.45) is 7.95. The molecule has 0 heterocycles. The molecule has 0 spiro atoms. The number of Topliss-reactive ketones (excluding diaryl/α,β-unsaturated/α-hetero) is 1. The first-order valence-corrected chi connectivity index (χ1v) is 11.3. The summed E-state index contributed by atoms with van der Waals surface area (Å²) in [4.78, 5) is 11.0. The number of benzene rings is 1. The molecule has 0 saturated heterocycles. The minimum Gasteiger partial charge on any atom is -0.393 e.